The molecule has 0 aliphatic carbocycles. The molecule has 1 aromatic carbocycles. The average Bonchev–Trinajstić information content (AvgIpc) is 2.84. The van der Waals surface area contributed by atoms with Gasteiger partial charge in [-0.3, -0.25) is 9.59 Å². The van der Waals surface area contributed by atoms with Gasteiger partial charge >= 0.3 is 5.97 Å². The van der Waals surface area contributed by atoms with Gasteiger partial charge in [0.1, 0.15) is 12.0 Å². The summed E-state index contributed by atoms with van der Waals surface area (Å²) in [6.07, 6.45) is 1.90. The first kappa shape index (κ1) is 13.9. The number of anilines is 1. The number of benzene rings is 1. The highest BCUT2D eigenvalue weighted by atomic mass is 16.4. The van der Waals surface area contributed by atoms with Gasteiger partial charge in [0.15, 0.2) is 0 Å². The molecule has 2 rings (SSSR count). The maximum atomic E-state index is 11.9. The fourth-order valence-electron chi connectivity index (χ4n) is 1.82. The van der Waals surface area contributed by atoms with E-state index >= 15 is 0 Å². The lowest BCUT2D eigenvalue weighted by Crippen LogP contribution is -2.11. The number of carbonyl (C=O) groups is 2. The summed E-state index contributed by atoms with van der Waals surface area (Å²) in [6.45, 7) is 1.77. The molecule has 0 saturated heterocycles. The van der Waals surface area contributed by atoms with Crippen LogP contribution >= 0.6 is 0 Å². The molecule has 0 fully saturated rings. The van der Waals surface area contributed by atoms with Gasteiger partial charge < -0.3 is 14.8 Å². The summed E-state index contributed by atoms with van der Waals surface area (Å²) in [5.74, 6) is -0.420. The second kappa shape index (κ2) is 6.06. The summed E-state index contributed by atoms with van der Waals surface area (Å²) in [6, 6.07) is 8.81. The minimum absolute atomic E-state index is 0.0678. The maximum absolute atomic E-state index is 11.9. The van der Waals surface area contributed by atoms with Gasteiger partial charge in [-0.2, -0.15) is 0 Å². The van der Waals surface area contributed by atoms with E-state index in [-0.39, 0.29) is 12.3 Å². The molecule has 2 N–H and O–H groups in total. The van der Waals surface area contributed by atoms with Gasteiger partial charge in [0.05, 0.1) is 5.56 Å². The number of carboxylic acids is 1. The highest BCUT2D eigenvalue weighted by Gasteiger charge is 2.09. The van der Waals surface area contributed by atoms with E-state index < -0.39 is 5.97 Å². The van der Waals surface area contributed by atoms with Crippen molar-refractivity contribution in [1.29, 1.82) is 0 Å². The van der Waals surface area contributed by atoms with E-state index in [0.29, 0.717) is 23.4 Å². The number of rotatable bonds is 5. The van der Waals surface area contributed by atoms with Crippen LogP contribution in [0.3, 0.4) is 0 Å². The second-order valence-corrected chi connectivity index (χ2v) is 4.49. The molecule has 1 heterocycles. The zero-order valence-corrected chi connectivity index (χ0v) is 11.1. The van der Waals surface area contributed by atoms with Crippen molar-refractivity contribution in [3.63, 3.8) is 0 Å². The van der Waals surface area contributed by atoms with Gasteiger partial charge in [-0.1, -0.05) is 12.1 Å². The zero-order chi connectivity index (χ0) is 14.5. The van der Waals surface area contributed by atoms with Crippen LogP contribution in [0, 0.1) is 6.92 Å². The number of furan rings is 1. The number of hydrogen-bond donors (Lipinski definition) is 2. The van der Waals surface area contributed by atoms with E-state index in [1.54, 1.807) is 31.2 Å². The largest absolute Gasteiger partial charge is 0.481 e. The van der Waals surface area contributed by atoms with Crippen molar-refractivity contribution < 1.29 is 19.1 Å². The van der Waals surface area contributed by atoms with Gasteiger partial charge in [0.2, 0.25) is 0 Å². The van der Waals surface area contributed by atoms with Crippen LogP contribution in [0.2, 0.25) is 0 Å². The Labute approximate surface area is 116 Å². The van der Waals surface area contributed by atoms with Crippen LogP contribution in [0.5, 0.6) is 0 Å². The summed E-state index contributed by atoms with van der Waals surface area (Å²) in [4.78, 5) is 22.5. The molecule has 0 unspecified atom stereocenters. The fourth-order valence-corrected chi connectivity index (χ4v) is 1.82. The smallest absolute Gasteiger partial charge is 0.303 e. The third-order valence-corrected chi connectivity index (χ3v) is 2.81. The van der Waals surface area contributed by atoms with Crippen molar-refractivity contribution in [2.45, 2.75) is 19.8 Å². The highest BCUT2D eigenvalue weighted by molar-refractivity contribution is 6.04. The molecule has 0 radical (unpaired) electrons. The van der Waals surface area contributed by atoms with Crippen LogP contribution in [-0.4, -0.2) is 17.0 Å². The highest BCUT2D eigenvalue weighted by Crippen LogP contribution is 2.14. The maximum Gasteiger partial charge on any atom is 0.303 e. The third kappa shape index (κ3) is 3.71. The molecule has 1 amide bonds. The minimum Gasteiger partial charge on any atom is -0.481 e. The number of hydrogen-bond acceptors (Lipinski definition) is 3. The molecule has 5 nitrogen and oxygen atoms in total. The van der Waals surface area contributed by atoms with Crippen LogP contribution in [0.4, 0.5) is 5.69 Å². The Morgan fingerprint density at radius 2 is 2.10 bits per heavy atom. The van der Waals surface area contributed by atoms with Crippen LogP contribution in [0.25, 0.3) is 0 Å². The Morgan fingerprint density at radius 3 is 2.75 bits per heavy atom. The predicted octanol–water partition coefficient (Wildman–Crippen LogP) is 2.86. The number of amides is 1. The summed E-state index contributed by atoms with van der Waals surface area (Å²) >= 11 is 0. The monoisotopic (exact) mass is 273 g/mol. The number of carbonyl (C=O) groups excluding carboxylic acids is 1. The van der Waals surface area contributed by atoms with Gasteiger partial charge in [-0.15, -0.1) is 0 Å². The first-order valence-corrected chi connectivity index (χ1v) is 6.22. The number of nitrogens with one attached hydrogen (secondary N) is 1. The Morgan fingerprint density at radius 1 is 1.30 bits per heavy atom. The van der Waals surface area contributed by atoms with Crippen LogP contribution in [0.15, 0.2) is 41.0 Å². The van der Waals surface area contributed by atoms with Crippen molar-refractivity contribution in [2.75, 3.05) is 5.32 Å². The van der Waals surface area contributed by atoms with Crippen LogP contribution in [0.1, 0.15) is 28.1 Å². The number of aryl methyl sites for hydroxylation is 2. The lowest BCUT2D eigenvalue weighted by atomic mass is 10.1. The van der Waals surface area contributed by atoms with E-state index in [4.69, 9.17) is 9.52 Å². The van der Waals surface area contributed by atoms with E-state index in [9.17, 15) is 9.59 Å². The van der Waals surface area contributed by atoms with E-state index in [0.717, 1.165) is 5.56 Å². The summed E-state index contributed by atoms with van der Waals surface area (Å²) in [5, 5.41) is 11.4. The molecule has 1 aromatic heterocycles. The van der Waals surface area contributed by atoms with Crippen molar-refractivity contribution in [1.82, 2.24) is 0 Å². The van der Waals surface area contributed by atoms with Crippen LogP contribution in [-0.2, 0) is 11.2 Å². The van der Waals surface area contributed by atoms with E-state index in [2.05, 4.69) is 5.32 Å². The topological polar surface area (TPSA) is 79.5 Å². The fraction of sp³-hybridized carbons (Fsp3) is 0.200. The summed E-state index contributed by atoms with van der Waals surface area (Å²) in [5.41, 5.74) is 1.96. The molecule has 0 spiro atoms. The summed E-state index contributed by atoms with van der Waals surface area (Å²) in [7, 11) is 0. The van der Waals surface area contributed by atoms with Crippen LogP contribution < -0.4 is 5.32 Å². The first-order valence-electron chi connectivity index (χ1n) is 6.22. The molecule has 0 bridgehead atoms. The molecule has 5 heteroatoms. The molecule has 20 heavy (non-hydrogen) atoms. The van der Waals surface area contributed by atoms with Crippen molar-refractivity contribution in [2.24, 2.45) is 0 Å². The van der Waals surface area contributed by atoms with Crippen molar-refractivity contribution in [3.8, 4) is 0 Å². The molecule has 2 aromatic rings. The van der Waals surface area contributed by atoms with E-state index in [1.807, 2.05) is 6.07 Å². The number of aliphatic carboxylic acids is 1. The predicted molar refractivity (Wildman–Crippen MR) is 73.8 cm³/mol. The second-order valence-electron chi connectivity index (χ2n) is 4.49. The molecule has 0 saturated carbocycles. The first-order chi connectivity index (χ1) is 9.54. The Kier molecular flexibility index (Phi) is 4.20. The van der Waals surface area contributed by atoms with Crippen molar-refractivity contribution >= 4 is 17.6 Å². The van der Waals surface area contributed by atoms with E-state index in [1.165, 1.54) is 6.26 Å². The van der Waals surface area contributed by atoms with Crippen molar-refractivity contribution in [3.05, 3.63) is 53.5 Å². The third-order valence-electron chi connectivity index (χ3n) is 2.81. The normalized spacial score (nSPS) is 10.2. The molecule has 0 aliphatic heterocycles. The Balaban J connectivity index is 2.04. The molecule has 104 valence electrons. The standard InChI is InChI=1S/C15H15NO4/c1-10-7-12(9-20-10)15(19)16-13-4-2-3-11(8-13)5-6-14(17)18/h2-4,7-9H,5-6H2,1H3,(H,16,19)(H,17,18). The summed E-state index contributed by atoms with van der Waals surface area (Å²) < 4.78 is 5.09. The van der Waals surface area contributed by atoms with Gasteiger partial charge in [-0.25, -0.2) is 0 Å². The van der Waals surface area contributed by atoms with Gasteiger partial charge in [0.25, 0.3) is 5.91 Å². The Bertz CT molecular complexity index is 630. The average molecular weight is 273 g/mol. The minimum atomic E-state index is -0.840. The molecular formula is C15H15NO4. The van der Waals surface area contributed by atoms with Gasteiger partial charge in [0, 0.05) is 12.1 Å². The lowest BCUT2D eigenvalue weighted by molar-refractivity contribution is -0.136. The molecular weight excluding hydrogens is 258 g/mol. The zero-order valence-electron chi connectivity index (χ0n) is 11.1. The number of carboxylic acid groups (broad SMARTS) is 1. The quantitative estimate of drug-likeness (QED) is 0.877. The van der Waals surface area contributed by atoms with Gasteiger partial charge in [-0.05, 0) is 37.1 Å². The molecule has 0 aliphatic rings. The molecule has 0 atom stereocenters. The SMILES string of the molecule is Cc1cc(C(=O)Nc2cccc(CCC(=O)O)c2)co1. The lowest BCUT2D eigenvalue weighted by Gasteiger charge is -2.05. The Hall–Kier alpha value is -2.56.